The Morgan fingerprint density at radius 1 is 1.37 bits per heavy atom. The second kappa shape index (κ2) is 6.14. The molecule has 8 heteroatoms. The van der Waals surface area contributed by atoms with Crippen molar-refractivity contribution in [3.63, 3.8) is 0 Å². The molecule has 0 aliphatic heterocycles. The van der Waals surface area contributed by atoms with Crippen molar-refractivity contribution in [2.24, 2.45) is 0 Å². The molecule has 19 heavy (non-hydrogen) atoms. The van der Waals surface area contributed by atoms with Crippen LogP contribution in [-0.4, -0.2) is 21.7 Å². The molecular formula is C11H15FNO5P. The lowest BCUT2D eigenvalue weighted by Crippen LogP contribution is -2.33. The molecule has 1 rings (SSSR count). The van der Waals surface area contributed by atoms with Crippen LogP contribution < -0.4 is 9.84 Å². The predicted octanol–water partition coefficient (Wildman–Crippen LogP) is 1.69. The number of rotatable bonds is 5. The maximum atomic E-state index is 14.0. The average molecular weight is 291 g/mol. The summed E-state index contributed by atoms with van der Waals surface area (Å²) < 4.78 is 29.1. The van der Waals surface area contributed by atoms with E-state index in [2.05, 4.69) is 9.84 Å². The number of phosphoric ester groups is 1. The fourth-order valence-corrected chi connectivity index (χ4v) is 1.82. The van der Waals surface area contributed by atoms with Crippen LogP contribution in [0.15, 0.2) is 24.3 Å². The van der Waals surface area contributed by atoms with E-state index in [4.69, 9.17) is 9.79 Å². The third-order valence-corrected chi connectivity index (χ3v) is 2.50. The van der Waals surface area contributed by atoms with E-state index < -0.39 is 19.9 Å². The Morgan fingerprint density at radius 3 is 2.47 bits per heavy atom. The highest BCUT2D eigenvalue weighted by Crippen LogP contribution is 2.41. The molecule has 1 unspecified atom stereocenters. The molecule has 0 bridgehead atoms. The Morgan fingerprint density at radius 2 is 1.95 bits per heavy atom. The molecule has 6 nitrogen and oxygen atoms in total. The molecule has 0 aliphatic carbocycles. The zero-order valence-corrected chi connectivity index (χ0v) is 11.3. The number of hydrogen-bond acceptors (Lipinski definition) is 3. The third kappa shape index (κ3) is 4.98. The Kier molecular flexibility index (Phi) is 5.05. The minimum absolute atomic E-state index is 0.232. The van der Waals surface area contributed by atoms with Gasteiger partial charge in [0.1, 0.15) is 5.75 Å². The van der Waals surface area contributed by atoms with Crippen molar-refractivity contribution in [2.75, 3.05) is 0 Å². The van der Waals surface area contributed by atoms with Crippen LogP contribution in [0, 0.1) is 0 Å². The molecule has 1 atom stereocenters. The molecule has 0 aromatic heterocycles. The Hall–Kier alpha value is -1.43. The van der Waals surface area contributed by atoms with E-state index in [9.17, 15) is 13.8 Å². The van der Waals surface area contributed by atoms with Crippen LogP contribution in [-0.2, 0) is 9.36 Å². The minimum atomic E-state index is -4.81. The number of carbonyl (C=O) groups excluding carboxylic acids is 1. The van der Waals surface area contributed by atoms with Gasteiger partial charge in [-0.25, -0.2) is 8.96 Å². The molecule has 106 valence electrons. The summed E-state index contributed by atoms with van der Waals surface area (Å²) in [4.78, 5) is 29.0. The first kappa shape index (κ1) is 15.6. The fourth-order valence-electron chi connectivity index (χ4n) is 1.40. The number of carbonyl (C=O) groups is 1. The molecule has 0 aliphatic rings. The van der Waals surface area contributed by atoms with Gasteiger partial charge < -0.3 is 9.84 Å². The van der Waals surface area contributed by atoms with Gasteiger partial charge in [-0.15, -0.1) is 0 Å². The maximum Gasteiger partial charge on any atom is 0.524 e. The summed E-state index contributed by atoms with van der Waals surface area (Å²) in [6, 6.07) is 5.03. The second-order valence-corrected chi connectivity index (χ2v) is 5.31. The number of alkyl halides is 1. The topological polar surface area (TPSA) is 95.9 Å². The third-order valence-electron chi connectivity index (χ3n) is 2.07. The average Bonchev–Trinajstić information content (AvgIpc) is 2.25. The van der Waals surface area contributed by atoms with E-state index in [-0.39, 0.29) is 17.4 Å². The summed E-state index contributed by atoms with van der Waals surface area (Å²) in [5, 5.41) is 2.37. The fraction of sp³-hybridized carbons (Fsp3) is 0.364. The molecule has 0 heterocycles. The molecule has 1 aromatic rings. The zero-order chi connectivity index (χ0) is 14.6. The van der Waals surface area contributed by atoms with Crippen LogP contribution in [0.5, 0.6) is 5.75 Å². The van der Waals surface area contributed by atoms with E-state index in [1.165, 1.54) is 24.3 Å². The van der Waals surface area contributed by atoms with E-state index >= 15 is 0 Å². The highest BCUT2D eigenvalue weighted by molar-refractivity contribution is 7.46. The van der Waals surface area contributed by atoms with Gasteiger partial charge >= 0.3 is 7.82 Å². The number of phosphoric acid groups is 1. The van der Waals surface area contributed by atoms with Crippen LogP contribution in [0.3, 0.4) is 0 Å². The van der Waals surface area contributed by atoms with Crippen molar-refractivity contribution in [1.29, 1.82) is 0 Å². The number of nitrogens with one attached hydrogen (secondary N) is 1. The van der Waals surface area contributed by atoms with Crippen molar-refractivity contribution in [3.05, 3.63) is 29.8 Å². The lowest BCUT2D eigenvalue weighted by atomic mass is 10.1. The van der Waals surface area contributed by atoms with Crippen LogP contribution in [0.2, 0.25) is 0 Å². The SMILES string of the molecule is CC(C)NC(=O)C(F)c1ccccc1OP(=O)(O)O. The summed E-state index contributed by atoms with van der Waals surface area (Å²) in [6.07, 6.45) is -2.06. The molecule has 1 amide bonds. The molecule has 1 aromatic carbocycles. The van der Waals surface area contributed by atoms with Gasteiger partial charge in [-0.05, 0) is 19.9 Å². The van der Waals surface area contributed by atoms with E-state index in [1.807, 2.05) is 0 Å². The highest BCUT2D eigenvalue weighted by Gasteiger charge is 2.26. The molecule has 0 radical (unpaired) electrons. The molecule has 0 saturated heterocycles. The number of hydrogen-bond donors (Lipinski definition) is 3. The standard InChI is InChI=1S/C11H15FNO5P/c1-7(2)13-11(14)10(12)8-5-3-4-6-9(8)18-19(15,16)17/h3-7,10H,1-2H3,(H,13,14)(H2,15,16,17). The van der Waals surface area contributed by atoms with E-state index in [0.717, 1.165) is 0 Å². The van der Waals surface area contributed by atoms with Crippen molar-refractivity contribution in [2.45, 2.75) is 26.1 Å². The van der Waals surface area contributed by atoms with Gasteiger partial charge in [0.25, 0.3) is 5.91 Å². The molecular weight excluding hydrogens is 276 g/mol. The van der Waals surface area contributed by atoms with Crippen LogP contribution in [0.25, 0.3) is 0 Å². The zero-order valence-electron chi connectivity index (χ0n) is 10.4. The van der Waals surface area contributed by atoms with Crippen molar-refractivity contribution in [3.8, 4) is 5.75 Å². The monoisotopic (exact) mass is 291 g/mol. The summed E-state index contributed by atoms with van der Waals surface area (Å²) in [5.41, 5.74) is -0.232. The summed E-state index contributed by atoms with van der Waals surface area (Å²) in [6.45, 7) is 3.34. The molecule has 0 fully saturated rings. The lowest BCUT2D eigenvalue weighted by Gasteiger charge is -2.16. The van der Waals surface area contributed by atoms with Crippen molar-refractivity contribution >= 4 is 13.7 Å². The largest absolute Gasteiger partial charge is 0.524 e. The maximum absolute atomic E-state index is 14.0. The van der Waals surface area contributed by atoms with Crippen LogP contribution in [0.4, 0.5) is 4.39 Å². The number of benzene rings is 1. The van der Waals surface area contributed by atoms with E-state index in [1.54, 1.807) is 13.8 Å². The number of halogens is 1. The second-order valence-electron chi connectivity index (χ2n) is 4.15. The van der Waals surface area contributed by atoms with Gasteiger partial charge in [-0.1, -0.05) is 18.2 Å². The summed E-state index contributed by atoms with van der Waals surface area (Å²) >= 11 is 0. The normalized spacial score (nSPS) is 13.2. The summed E-state index contributed by atoms with van der Waals surface area (Å²) in [7, 11) is -4.81. The number of para-hydroxylation sites is 1. The Balaban J connectivity index is 3.00. The van der Waals surface area contributed by atoms with Gasteiger partial charge in [0, 0.05) is 11.6 Å². The Labute approximate surface area is 109 Å². The molecule has 3 N–H and O–H groups in total. The lowest BCUT2D eigenvalue weighted by molar-refractivity contribution is -0.126. The minimum Gasteiger partial charge on any atom is -0.404 e. The van der Waals surface area contributed by atoms with Crippen LogP contribution in [0.1, 0.15) is 25.6 Å². The predicted molar refractivity (Wildman–Crippen MR) is 66.2 cm³/mol. The van der Waals surface area contributed by atoms with Gasteiger partial charge in [-0.2, -0.15) is 0 Å². The van der Waals surface area contributed by atoms with Gasteiger partial charge in [0.15, 0.2) is 0 Å². The van der Waals surface area contributed by atoms with Crippen LogP contribution >= 0.6 is 7.82 Å². The first-order valence-electron chi connectivity index (χ1n) is 5.49. The van der Waals surface area contributed by atoms with Gasteiger partial charge in [-0.3, -0.25) is 14.6 Å². The summed E-state index contributed by atoms with van der Waals surface area (Å²) in [5.74, 6) is -1.25. The van der Waals surface area contributed by atoms with E-state index in [0.29, 0.717) is 0 Å². The van der Waals surface area contributed by atoms with Gasteiger partial charge in [0.2, 0.25) is 6.17 Å². The number of amides is 1. The molecule has 0 spiro atoms. The Bertz CT molecular complexity index is 502. The smallest absolute Gasteiger partial charge is 0.404 e. The first-order chi connectivity index (χ1) is 8.70. The van der Waals surface area contributed by atoms with Crippen molar-refractivity contribution < 1.29 is 28.1 Å². The van der Waals surface area contributed by atoms with Gasteiger partial charge in [0.05, 0.1) is 0 Å². The first-order valence-corrected chi connectivity index (χ1v) is 7.02. The quantitative estimate of drug-likeness (QED) is 0.717. The highest BCUT2D eigenvalue weighted by atomic mass is 31.2. The van der Waals surface area contributed by atoms with Crippen molar-refractivity contribution in [1.82, 2.24) is 5.32 Å². The molecule has 0 saturated carbocycles.